The summed E-state index contributed by atoms with van der Waals surface area (Å²) >= 11 is 5.96. The number of aliphatic hydroxyl groups excluding tert-OH is 1. The third-order valence-electron chi connectivity index (χ3n) is 10.8. The zero-order valence-corrected chi connectivity index (χ0v) is 25.1. The third-order valence-corrected chi connectivity index (χ3v) is 11.1. The zero-order chi connectivity index (χ0) is 28.3. The molecule has 38 heavy (non-hydrogen) atoms. The Labute approximate surface area is 232 Å². The molecule has 0 radical (unpaired) electrons. The molecule has 5 aliphatic rings. The third kappa shape index (κ3) is 5.75. The van der Waals surface area contributed by atoms with Crippen molar-refractivity contribution in [2.75, 3.05) is 31.8 Å². The Morgan fingerprint density at radius 1 is 1.13 bits per heavy atom. The maximum absolute atomic E-state index is 13.9. The largest absolute Gasteiger partial charge is 0.391 e. The Hall–Kier alpha value is -0.580. The smallest absolute Gasteiger partial charge is 0.261 e. The van der Waals surface area contributed by atoms with Crippen molar-refractivity contribution in [2.24, 2.45) is 40.4 Å². The van der Waals surface area contributed by atoms with Crippen LogP contribution in [0.4, 0.5) is 0 Å². The first kappa shape index (κ1) is 30.4. The Morgan fingerprint density at radius 2 is 1.79 bits per heavy atom. The van der Waals surface area contributed by atoms with Gasteiger partial charge in [-0.3, -0.25) is 19.0 Å². The number of nitrogens with zero attached hydrogens (tertiary/aromatic N) is 1. The van der Waals surface area contributed by atoms with Crippen LogP contribution in [0.3, 0.4) is 0 Å². The van der Waals surface area contributed by atoms with E-state index in [0.717, 1.165) is 51.6 Å². The van der Waals surface area contributed by atoms with E-state index in [2.05, 4.69) is 32.6 Å². The van der Waals surface area contributed by atoms with Crippen molar-refractivity contribution in [3.8, 4) is 0 Å². The molecule has 0 amide bonds. The summed E-state index contributed by atoms with van der Waals surface area (Å²) in [5.74, 6) is 1.75. The average molecular weight is 576 g/mol. The Balaban J connectivity index is 0.000000617. The average Bonchev–Trinajstić information content (AvgIpc) is 3.13. The van der Waals surface area contributed by atoms with Crippen LogP contribution in [-0.4, -0.2) is 84.1 Å². The SMILES string of the molecule is CC1(C)CN([C@H]2C[C@@]3(C)[C@@H](CC[C@H]4[C@@H]5CC[C@H](C(=O)CCl)[C@@]5(C)CC(=O)[C@@H]43)C[C@@H]2O)CCO1.CS(=O)(=O)O. The van der Waals surface area contributed by atoms with Gasteiger partial charge in [0.25, 0.3) is 10.1 Å². The molecule has 1 saturated heterocycles. The van der Waals surface area contributed by atoms with Gasteiger partial charge in [-0.25, -0.2) is 0 Å². The summed E-state index contributed by atoms with van der Waals surface area (Å²) in [6.45, 7) is 11.2. The minimum atomic E-state index is -3.67. The van der Waals surface area contributed by atoms with Crippen LogP contribution in [0.5, 0.6) is 0 Å². The topological polar surface area (TPSA) is 121 Å². The van der Waals surface area contributed by atoms with Crippen molar-refractivity contribution in [1.29, 1.82) is 0 Å². The van der Waals surface area contributed by atoms with Gasteiger partial charge in [0.05, 0.1) is 30.4 Å². The summed E-state index contributed by atoms with van der Waals surface area (Å²) in [5.41, 5.74) is -0.515. The molecule has 4 saturated carbocycles. The fourth-order valence-electron chi connectivity index (χ4n) is 9.43. The highest BCUT2D eigenvalue weighted by molar-refractivity contribution is 7.85. The van der Waals surface area contributed by atoms with Gasteiger partial charge in [-0.05, 0) is 81.0 Å². The van der Waals surface area contributed by atoms with E-state index in [1.807, 2.05) is 0 Å². The van der Waals surface area contributed by atoms with E-state index in [4.69, 9.17) is 20.9 Å². The molecule has 9 atom stereocenters. The summed E-state index contributed by atoms with van der Waals surface area (Å²) in [5, 5.41) is 11.2. The first-order valence-electron chi connectivity index (χ1n) is 14.1. The first-order chi connectivity index (χ1) is 17.5. The van der Waals surface area contributed by atoms with Gasteiger partial charge in [0.1, 0.15) is 5.78 Å². The van der Waals surface area contributed by atoms with E-state index in [1.165, 1.54) is 0 Å². The molecular formula is C28H46ClNO7S. The van der Waals surface area contributed by atoms with E-state index in [1.54, 1.807) is 0 Å². The second-order valence-corrected chi connectivity index (χ2v) is 15.5. The Morgan fingerprint density at radius 3 is 2.39 bits per heavy atom. The van der Waals surface area contributed by atoms with E-state index in [0.29, 0.717) is 42.8 Å². The summed E-state index contributed by atoms with van der Waals surface area (Å²) in [7, 11) is -3.67. The number of halogens is 1. The standard InChI is InChI=1S/C27H42ClNO4.CH4O3S/c1-25(2)15-29(9-10-33-25)20-12-26(3)16(11-21(20)30)5-6-17-18-7-8-19(23(32)14-28)27(18,4)13-22(31)24(17)26;1-5(2,3)4/h16-21,24,30H,5-15H2,1-4H3;1H3,(H,2,3,4)/t16-,17-,18-,19+,20-,21-,24+,26-,27-;/m0./s1. The highest BCUT2D eigenvalue weighted by Crippen LogP contribution is 2.66. The van der Waals surface area contributed by atoms with Crippen molar-refractivity contribution < 1.29 is 32.4 Å². The minimum absolute atomic E-state index is 0.0585. The molecule has 4 aliphatic carbocycles. The van der Waals surface area contributed by atoms with Gasteiger partial charge in [0.2, 0.25) is 0 Å². The van der Waals surface area contributed by atoms with E-state index in [9.17, 15) is 23.1 Å². The van der Waals surface area contributed by atoms with Gasteiger partial charge in [0.15, 0.2) is 5.78 Å². The molecule has 5 rings (SSSR count). The molecule has 0 aromatic carbocycles. The van der Waals surface area contributed by atoms with Crippen molar-refractivity contribution in [1.82, 2.24) is 4.90 Å². The normalized spacial score (nSPS) is 44.7. The molecular weight excluding hydrogens is 530 g/mol. The van der Waals surface area contributed by atoms with E-state index < -0.39 is 10.1 Å². The molecule has 1 heterocycles. The molecule has 0 bridgehead atoms. The van der Waals surface area contributed by atoms with Crippen LogP contribution in [-0.2, 0) is 24.4 Å². The maximum Gasteiger partial charge on any atom is 0.261 e. The molecule has 0 spiro atoms. The van der Waals surface area contributed by atoms with Gasteiger partial charge in [-0.15, -0.1) is 11.6 Å². The number of carbonyl (C=O) groups is 2. The minimum Gasteiger partial charge on any atom is -0.391 e. The van der Waals surface area contributed by atoms with Crippen molar-refractivity contribution in [2.45, 2.75) is 90.4 Å². The number of carbonyl (C=O) groups excluding carboxylic acids is 2. The van der Waals surface area contributed by atoms with Crippen LogP contribution < -0.4 is 0 Å². The molecule has 0 aromatic heterocycles. The molecule has 1 aliphatic heterocycles. The number of alkyl halides is 1. The predicted octanol–water partition coefficient (Wildman–Crippen LogP) is 3.59. The lowest BCUT2D eigenvalue weighted by Crippen LogP contribution is -2.64. The lowest BCUT2D eigenvalue weighted by Gasteiger charge is -2.62. The van der Waals surface area contributed by atoms with Crippen LogP contribution in [0, 0.1) is 40.4 Å². The summed E-state index contributed by atoms with van der Waals surface area (Å²) in [6, 6.07) is 0.0865. The maximum atomic E-state index is 13.9. The van der Waals surface area contributed by atoms with Crippen molar-refractivity contribution in [3.63, 3.8) is 0 Å². The lowest BCUT2D eigenvalue weighted by molar-refractivity contribution is -0.177. The molecule has 2 N–H and O–H groups in total. The molecule has 10 heteroatoms. The van der Waals surface area contributed by atoms with E-state index in [-0.39, 0.29) is 52.1 Å². The van der Waals surface area contributed by atoms with Crippen LogP contribution >= 0.6 is 11.6 Å². The number of aliphatic hydroxyl groups is 1. The number of hydrogen-bond acceptors (Lipinski definition) is 7. The zero-order valence-electron chi connectivity index (χ0n) is 23.5. The highest BCUT2D eigenvalue weighted by Gasteiger charge is 2.65. The van der Waals surface area contributed by atoms with Gasteiger partial charge in [-0.2, -0.15) is 8.42 Å². The fourth-order valence-corrected chi connectivity index (χ4v) is 9.61. The fraction of sp³-hybridized carbons (Fsp3) is 0.929. The number of hydrogen-bond donors (Lipinski definition) is 2. The molecule has 218 valence electrons. The number of rotatable bonds is 3. The quantitative estimate of drug-likeness (QED) is 0.387. The number of Topliss-reactive ketones (excluding diaryl/α,β-unsaturated/α-hetero) is 2. The summed E-state index contributed by atoms with van der Waals surface area (Å²) < 4.78 is 31.8. The Bertz CT molecular complexity index is 1030. The van der Waals surface area contributed by atoms with Crippen molar-refractivity contribution >= 4 is 33.3 Å². The van der Waals surface area contributed by atoms with Crippen LogP contribution in [0.2, 0.25) is 0 Å². The summed E-state index contributed by atoms with van der Waals surface area (Å²) in [4.78, 5) is 29.0. The van der Waals surface area contributed by atoms with Crippen LogP contribution in [0.15, 0.2) is 0 Å². The number of morpholine rings is 1. The van der Waals surface area contributed by atoms with Gasteiger partial charge in [-0.1, -0.05) is 13.8 Å². The van der Waals surface area contributed by atoms with Gasteiger partial charge >= 0.3 is 0 Å². The van der Waals surface area contributed by atoms with Gasteiger partial charge in [0, 0.05) is 37.4 Å². The second kappa shape index (κ2) is 10.7. The number of ether oxygens (including phenoxy) is 1. The predicted molar refractivity (Wildman–Crippen MR) is 146 cm³/mol. The molecule has 0 unspecified atom stereocenters. The number of ketones is 2. The first-order valence-corrected chi connectivity index (χ1v) is 16.5. The molecule has 0 aromatic rings. The summed E-state index contributed by atoms with van der Waals surface area (Å²) in [6.07, 6.45) is 6.65. The molecule has 8 nitrogen and oxygen atoms in total. The Kier molecular flexibility index (Phi) is 8.54. The van der Waals surface area contributed by atoms with Crippen molar-refractivity contribution in [3.05, 3.63) is 0 Å². The van der Waals surface area contributed by atoms with Crippen LogP contribution in [0.1, 0.15) is 72.6 Å². The number of fused-ring (bicyclic) bond motifs is 5. The van der Waals surface area contributed by atoms with Crippen LogP contribution in [0.25, 0.3) is 0 Å². The monoisotopic (exact) mass is 575 g/mol. The molecule has 5 fully saturated rings. The van der Waals surface area contributed by atoms with Gasteiger partial charge < -0.3 is 9.84 Å². The highest BCUT2D eigenvalue weighted by atomic mass is 35.5. The lowest BCUT2D eigenvalue weighted by atomic mass is 9.43. The van der Waals surface area contributed by atoms with E-state index >= 15 is 0 Å². The second-order valence-electron chi connectivity index (χ2n) is 13.8.